The second kappa shape index (κ2) is 9.18. The summed E-state index contributed by atoms with van der Waals surface area (Å²) < 4.78 is 0. The smallest absolute Gasteiger partial charge is 0.305 e. The van der Waals surface area contributed by atoms with Crippen LogP contribution in [0.1, 0.15) is 18.9 Å². The molecule has 138 valence electrons. The quantitative estimate of drug-likeness (QED) is 0.312. The molecule has 26 heavy (non-hydrogen) atoms. The topological polar surface area (TPSA) is 94.0 Å². The van der Waals surface area contributed by atoms with Gasteiger partial charge in [0, 0.05) is 11.9 Å². The molecule has 1 aromatic carbocycles. The molecular formula is C16H15Cl2N3O3S2. The Morgan fingerprint density at radius 3 is 2.73 bits per heavy atom. The van der Waals surface area contributed by atoms with Gasteiger partial charge in [-0.25, -0.2) is 0 Å². The number of hydrazone groups is 1. The number of thiophene rings is 1. The molecule has 1 heterocycles. The van der Waals surface area contributed by atoms with E-state index in [0.717, 1.165) is 5.56 Å². The van der Waals surface area contributed by atoms with Crippen LogP contribution in [0, 0.1) is 0 Å². The summed E-state index contributed by atoms with van der Waals surface area (Å²) in [5, 5.41) is 28.7. The molecular weight excluding hydrogens is 417 g/mol. The Balaban J connectivity index is 2.09. The monoisotopic (exact) mass is 431 g/mol. The lowest BCUT2D eigenvalue weighted by atomic mass is 10.1. The first kappa shape index (κ1) is 20.4. The molecule has 0 aliphatic carbocycles. The molecule has 0 aliphatic heterocycles. The van der Waals surface area contributed by atoms with E-state index in [1.165, 1.54) is 11.3 Å². The highest BCUT2D eigenvalue weighted by Crippen LogP contribution is 2.40. The number of carboxylic acid groups (broad SMARTS) is 1. The van der Waals surface area contributed by atoms with Gasteiger partial charge in [-0.1, -0.05) is 29.3 Å². The Bertz CT molecular complexity index is 868. The number of benzene rings is 1. The molecule has 4 N–H and O–H groups in total. The van der Waals surface area contributed by atoms with Crippen molar-refractivity contribution in [2.45, 2.75) is 13.3 Å². The van der Waals surface area contributed by atoms with Crippen molar-refractivity contribution in [2.24, 2.45) is 5.10 Å². The third-order valence-corrected chi connectivity index (χ3v) is 5.28. The van der Waals surface area contributed by atoms with Crippen molar-refractivity contribution in [1.29, 1.82) is 0 Å². The molecule has 0 bridgehead atoms. The zero-order valence-corrected chi connectivity index (χ0v) is 16.7. The van der Waals surface area contributed by atoms with Crippen molar-refractivity contribution in [2.75, 3.05) is 6.54 Å². The van der Waals surface area contributed by atoms with Crippen LogP contribution < -0.4 is 10.7 Å². The van der Waals surface area contributed by atoms with Crippen LogP contribution in [0.15, 0.2) is 28.7 Å². The minimum Gasteiger partial charge on any atom is -0.506 e. The SMILES string of the molecule is C/C(=N\NC(=S)NCCC(=O)O)c1csc(-c2ccc(Cl)c(Cl)c2)c1O. The number of nitrogens with one attached hydrogen (secondary N) is 2. The van der Waals surface area contributed by atoms with Crippen LogP contribution in [0.5, 0.6) is 5.75 Å². The summed E-state index contributed by atoms with van der Waals surface area (Å²) in [4.78, 5) is 11.1. The number of halogens is 2. The molecule has 0 aliphatic rings. The number of aliphatic carboxylic acids is 1. The van der Waals surface area contributed by atoms with Crippen LogP contribution in [0.4, 0.5) is 0 Å². The van der Waals surface area contributed by atoms with Gasteiger partial charge in [-0.3, -0.25) is 10.2 Å². The average Bonchev–Trinajstić information content (AvgIpc) is 2.96. The van der Waals surface area contributed by atoms with E-state index in [0.29, 0.717) is 26.2 Å². The van der Waals surface area contributed by atoms with E-state index in [1.54, 1.807) is 30.5 Å². The van der Waals surface area contributed by atoms with Gasteiger partial charge in [0.1, 0.15) is 5.75 Å². The average molecular weight is 432 g/mol. The number of nitrogens with zero attached hydrogens (tertiary/aromatic N) is 1. The van der Waals surface area contributed by atoms with E-state index in [9.17, 15) is 9.90 Å². The second-order valence-corrected chi connectivity index (χ2v) is 7.27. The maximum absolute atomic E-state index is 10.5. The molecule has 0 fully saturated rings. The Hall–Kier alpha value is -1.87. The Kier molecular flexibility index (Phi) is 7.22. The molecule has 0 unspecified atom stereocenters. The molecule has 1 aromatic heterocycles. The Morgan fingerprint density at radius 2 is 2.08 bits per heavy atom. The van der Waals surface area contributed by atoms with Crippen molar-refractivity contribution < 1.29 is 15.0 Å². The predicted molar refractivity (Wildman–Crippen MR) is 110 cm³/mol. The van der Waals surface area contributed by atoms with Crippen LogP contribution in [-0.2, 0) is 4.79 Å². The number of hydrogen-bond donors (Lipinski definition) is 4. The third-order valence-electron chi connectivity index (χ3n) is 3.29. The molecule has 2 rings (SSSR count). The van der Waals surface area contributed by atoms with Crippen LogP contribution >= 0.6 is 46.8 Å². The summed E-state index contributed by atoms with van der Waals surface area (Å²) in [6.45, 7) is 1.91. The van der Waals surface area contributed by atoms with Gasteiger partial charge in [-0.2, -0.15) is 5.10 Å². The maximum atomic E-state index is 10.5. The van der Waals surface area contributed by atoms with Gasteiger partial charge in [0.2, 0.25) is 0 Å². The van der Waals surface area contributed by atoms with Gasteiger partial charge in [0.15, 0.2) is 5.11 Å². The fraction of sp³-hybridized carbons (Fsp3) is 0.188. The lowest BCUT2D eigenvalue weighted by Crippen LogP contribution is -2.34. The summed E-state index contributed by atoms with van der Waals surface area (Å²) >= 11 is 18.3. The first-order chi connectivity index (χ1) is 12.3. The van der Waals surface area contributed by atoms with Crippen molar-refractivity contribution in [3.63, 3.8) is 0 Å². The number of aromatic hydroxyl groups is 1. The minimum absolute atomic E-state index is 0.0527. The molecule has 0 amide bonds. The Labute approximate surface area is 169 Å². The second-order valence-electron chi connectivity index (χ2n) is 5.16. The number of hydrogen-bond acceptors (Lipinski definition) is 5. The fourth-order valence-electron chi connectivity index (χ4n) is 1.97. The number of thiocarbonyl (C=S) groups is 1. The zero-order valence-electron chi connectivity index (χ0n) is 13.5. The van der Waals surface area contributed by atoms with E-state index in [-0.39, 0.29) is 23.8 Å². The first-order valence-electron chi connectivity index (χ1n) is 7.35. The van der Waals surface area contributed by atoms with E-state index >= 15 is 0 Å². The van der Waals surface area contributed by atoms with Gasteiger partial charge in [0.05, 0.1) is 32.6 Å². The summed E-state index contributed by atoms with van der Waals surface area (Å²) in [6.07, 6.45) is -0.0527. The summed E-state index contributed by atoms with van der Waals surface area (Å²) in [5.41, 5.74) is 4.44. The summed E-state index contributed by atoms with van der Waals surface area (Å²) in [5.74, 6) is -0.834. The van der Waals surface area contributed by atoms with E-state index in [4.69, 9.17) is 40.5 Å². The highest BCUT2D eigenvalue weighted by molar-refractivity contribution is 7.80. The van der Waals surface area contributed by atoms with Gasteiger partial charge >= 0.3 is 5.97 Å². The van der Waals surface area contributed by atoms with Crippen molar-refractivity contribution in [3.8, 4) is 16.2 Å². The van der Waals surface area contributed by atoms with Crippen LogP contribution in [0.25, 0.3) is 10.4 Å². The van der Waals surface area contributed by atoms with Gasteiger partial charge in [-0.15, -0.1) is 11.3 Å². The predicted octanol–water partition coefficient (Wildman–Crippen LogP) is 4.09. The van der Waals surface area contributed by atoms with Gasteiger partial charge in [0.25, 0.3) is 0 Å². The molecule has 2 aromatic rings. The van der Waals surface area contributed by atoms with Crippen molar-refractivity contribution in [1.82, 2.24) is 10.7 Å². The highest BCUT2D eigenvalue weighted by atomic mass is 35.5. The third kappa shape index (κ3) is 5.31. The van der Waals surface area contributed by atoms with Crippen LogP contribution in [0.3, 0.4) is 0 Å². The maximum Gasteiger partial charge on any atom is 0.305 e. The first-order valence-corrected chi connectivity index (χ1v) is 9.40. The fourth-order valence-corrected chi connectivity index (χ4v) is 3.42. The number of rotatable bonds is 6. The standard InChI is InChI=1S/C16H15Cl2N3O3S2/c1-8(20-21-16(25)19-5-4-13(22)23)10-7-26-15(14(10)24)9-2-3-11(17)12(18)6-9/h2-3,6-7,24H,4-5H2,1H3,(H,22,23)(H2,19,21,25)/b20-8+. The molecule has 10 heteroatoms. The lowest BCUT2D eigenvalue weighted by Gasteiger charge is -2.07. The van der Waals surface area contributed by atoms with Crippen LogP contribution in [0.2, 0.25) is 10.0 Å². The van der Waals surface area contributed by atoms with E-state index in [2.05, 4.69) is 15.8 Å². The zero-order chi connectivity index (χ0) is 19.3. The van der Waals surface area contributed by atoms with E-state index < -0.39 is 5.97 Å². The van der Waals surface area contributed by atoms with Gasteiger partial charge in [-0.05, 0) is 36.8 Å². The lowest BCUT2D eigenvalue weighted by molar-refractivity contribution is -0.136. The molecule has 0 saturated carbocycles. The number of carbonyl (C=O) groups is 1. The molecule has 0 spiro atoms. The molecule has 6 nitrogen and oxygen atoms in total. The normalized spacial score (nSPS) is 11.3. The highest BCUT2D eigenvalue weighted by Gasteiger charge is 2.15. The van der Waals surface area contributed by atoms with Crippen LogP contribution in [-0.4, -0.2) is 33.6 Å². The summed E-state index contributed by atoms with van der Waals surface area (Å²) in [7, 11) is 0. The largest absolute Gasteiger partial charge is 0.506 e. The minimum atomic E-state index is -0.919. The van der Waals surface area contributed by atoms with Crippen molar-refractivity contribution >= 4 is 63.5 Å². The van der Waals surface area contributed by atoms with Crippen molar-refractivity contribution in [3.05, 3.63) is 39.2 Å². The number of carboxylic acids is 1. The Morgan fingerprint density at radius 1 is 1.35 bits per heavy atom. The van der Waals surface area contributed by atoms with Gasteiger partial charge < -0.3 is 15.5 Å². The van der Waals surface area contributed by atoms with E-state index in [1.807, 2.05) is 0 Å². The summed E-state index contributed by atoms with van der Waals surface area (Å²) in [6, 6.07) is 5.13. The molecule has 0 radical (unpaired) electrons. The molecule has 0 atom stereocenters. The molecule has 0 saturated heterocycles.